The van der Waals surface area contributed by atoms with Crippen molar-refractivity contribution in [2.24, 2.45) is 0 Å². The molecule has 1 unspecified atom stereocenters. The van der Waals surface area contributed by atoms with E-state index in [4.69, 9.17) is 0 Å². The monoisotopic (exact) mass is 267 g/mol. The first kappa shape index (κ1) is 14.8. The fraction of sp³-hybridized carbons (Fsp3) is 0.368. The second kappa shape index (κ2) is 7.86. The fourth-order valence-corrected chi connectivity index (χ4v) is 2.67. The summed E-state index contributed by atoms with van der Waals surface area (Å²) in [5.41, 5.74) is 4.24. The van der Waals surface area contributed by atoms with Gasteiger partial charge in [-0.25, -0.2) is 0 Å². The van der Waals surface area contributed by atoms with Crippen molar-refractivity contribution in [2.45, 2.75) is 32.1 Å². The van der Waals surface area contributed by atoms with Gasteiger partial charge in [-0.05, 0) is 50.3 Å². The summed E-state index contributed by atoms with van der Waals surface area (Å²) >= 11 is 0. The van der Waals surface area contributed by atoms with E-state index in [2.05, 4.69) is 66.8 Å². The molecule has 0 bridgehead atoms. The van der Waals surface area contributed by atoms with Crippen LogP contribution in [0.3, 0.4) is 0 Å². The van der Waals surface area contributed by atoms with E-state index in [1.54, 1.807) is 0 Å². The molecule has 1 heteroatoms. The maximum absolute atomic E-state index is 3.33. The smallest absolute Gasteiger partial charge is 0.00171 e. The van der Waals surface area contributed by atoms with Gasteiger partial charge in [0.2, 0.25) is 0 Å². The number of nitrogens with one attached hydrogen (secondary N) is 1. The summed E-state index contributed by atoms with van der Waals surface area (Å²) in [6.07, 6.45) is 3.65. The molecule has 20 heavy (non-hydrogen) atoms. The number of rotatable bonds is 7. The molecule has 0 spiro atoms. The van der Waals surface area contributed by atoms with Crippen LogP contribution in [0.2, 0.25) is 0 Å². The quantitative estimate of drug-likeness (QED) is 0.787. The molecule has 2 rings (SSSR count). The highest BCUT2D eigenvalue weighted by Gasteiger charge is 2.10. The summed E-state index contributed by atoms with van der Waals surface area (Å²) in [5.74, 6) is 0.615. The van der Waals surface area contributed by atoms with Crippen LogP contribution >= 0.6 is 0 Å². The summed E-state index contributed by atoms with van der Waals surface area (Å²) in [6, 6.07) is 19.8. The predicted octanol–water partition coefficient (Wildman–Crippen LogP) is 4.32. The van der Waals surface area contributed by atoms with E-state index in [1.807, 2.05) is 7.05 Å². The second-order valence-electron chi connectivity index (χ2n) is 5.54. The van der Waals surface area contributed by atoms with Crippen LogP contribution < -0.4 is 5.32 Å². The van der Waals surface area contributed by atoms with E-state index in [1.165, 1.54) is 36.0 Å². The van der Waals surface area contributed by atoms with Crippen molar-refractivity contribution >= 4 is 0 Å². The molecule has 0 radical (unpaired) electrons. The molecule has 2 aromatic rings. The molecule has 0 aliphatic carbocycles. The Labute approximate surface area is 123 Å². The van der Waals surface area contributed by atoms with Gasteiger partial charge in [0.15, 0.2) is 0 Å². The van der Waals surface area contributed by atoms with Crippen molar-refractivity contribution in [3.05, 3.63) is 71.3 Å². The zero-order valence-electron chi connectivity index (χ0n) is 12.6. The lowest BCUT2D eigenvalue weighted by molar-refractivity contribution is 0.560. The molecule has 0 aliphatic rings. The van der Waals surface area contributed by atoms with E-state index in [0.717, 1.165) is 6.54 Å². The Bertz CT molecular complexity index is 487. The third-order valence-electron chi connectivity index (χ3n) is 3.86. The fourth-order valence-electron chi connectivity index (χ4n) is 2.67. The first-order chi connectivity index (χ1) is 9.79. The molecular formula is C19H25N. The second-order valence-corrected chi connectivity index (χ2v) is 5.54. The molecule has 0 aromatic heterocycles. The Balaban J connectivity index is 1.90. The van der Waals surface area contributed by atoms with Gasteiger partial charge >= 0.3 is 0 Å². The molecule has 0 fully saturated rings. The molecule has 0 heterocycles. The van der Waals surface area contributed by atoms with E-state index >= 15 is 0 Å². The zero-order chi connectivity index (χ0) is 14.2. The van der Waals surface area contributed by atoms with Crippen molar-refractivity contribution in [3.63, 3.8) is 0 Å². The van der Waals surface area contributed by atoms with Crippen LogP contribution in [-0.2, 0) is 6.42 Å². The Morgan fingerprint density at radius 3 is 2.30 bits per heavy atom. The van der Waals surface area contributed by atoms with Crippen LogP contribution in [0.4, 0.5) is 0 Å². The Kier molecular flexibility index (Phi) is 5.82. The molecule has 2 aromatic carbocycles. The summed E-state index contributed by atoms with van der Waals surface area (Å²) in [7, 11) is 2.04. The highest BCUT2D eigenvalue weighted by Crippen LogP contribution is 2.22. The average Bonchev–Trinajstić information content (AvgIpc) is 2.48. The molecular weight excluding hydrogens is 242 g/mol. The van der Waals surface area contributed by atoms with Gasteiger partial charge in [0.05, 0.1) is 0 Å². The molecule has 106 valence electrons. The van der Waals surface area contributed by atoms with Gasteiger partial charge < -0.3 is 5.32 Å². The molecule has 1 atom stereocenters. The third kappa shape index (κ3) is 4.50. The van der Waals surface area contributed by atoms with E-state index in [9.17, 15) is 0 Å². The van der Waals surface area contributed by atoms with E-state index < -0.39 is 0 Å². The van der Waals surface area contributed by atoms with Gasteiger partial charge in [-0.2, -0.15) is 0 Å². The van der Waals surface area contributed by atoms with Gasteiger partial charge in [0, 0.05) is 6.54 Å². The highest BCUT2D eigenvalue weighted by molar-refractivity contribution is 5.25. The van der Waals surface area contributed by atoms with Crippen LogP contribution in [0.5, 0.6) is 0 Å². The number of hydrogen-bond donors (Lipinski definition) is 1. The van der Waals surface area contributed by atoms with Crippen molar-refractivity contribution in [1.29, 1.82) is 0 Å². The third-order valence-corrected chi connectivity index (χ3v) is 3.86. The van der Waals surface area contributed by atoms with Crippen molar-refractivity contribution < 1.29 is 0 Å². The van der Waals surface area contributed by atoms with Crippen LogP contribution in [0, 0.1) is 6.92 Å². The van der Waals surface area contributed by atoms with Crippen LogP contribution in [0.1, 0.15) is 35.4 Å². The number of hydrogen-bond acceptors (Lipinski definition) is 1. The lowest BCUT2D eigenvalue weighted by atomic mass is 9.92. The van der Waals surface area contributed by atoms with E-state index in [0.29, 0.717) is 5.92 Å². The van der Waals surface area contributed by atoms with Crippen LogP contribution in [0.15, 0.2) is 54.6 Å². The van der Waals surface area contributed by atoms with Crippen molar-refractivity contribution in [2.75, 3.05) is 13.6 Å². The molecule has 0 amide bonds. The van der Waals surface area contributed by atoms with Crippen LogP contribution in [-0.4, -0.2) is 13.6 Å². The Morgan fingerprint density at radius 2 is 1.65 bits per heavy atom. The van der Waals surface area contributed by atoms with Gasteiger partial charge in [-0.1, -0.05) is 60.2 Å². The maximum Gasteiger partial charge on any atom is 0.00171 e. The van der Waals surface area contributed by atoms with Crippen molar-refractivity contribution in [1.82, 2.24) is 5.32 Å². The summed E-state index contributed by atoms with van der Waals surface area (Å²) in [6.45, 7) is 3.20. The summed E-state index contributed by atoms with van der Waals surface area (Å²) < 4.78 is 0. The number of likely N-dealkylation sites (N-methyl/N-ethyl adjacent to an activating group) is 1. The van der Waals surface area contributed by atoms with Crippen LogP contribution in [0.25, 0.3) is 0 Å². The van der Waals surface area contributed by atoms with E-state index in [-0.39, 0.29) is 0 Å². The summed E-state index contributed by atoms with van der Waals surface area (Å²) in [5, 5.41) is 3.33. The largest absolute Gasteiger partial charge is 0.319 e. The minimum atomic E-state index is 0.615. The average molecular weight is 267 g/mol. The minimum absolute atomic E-state index is 0.615. The predicted molar refractivity (Wildman–Crippen MR) is 87.2 cm³/mol. The van der Waals surface area contributed by atoms with Gasteiger partial charge in [0.25, 0.3) is 0 Å². The Hall–Kier alpha value is -1.60. The molecule has 0 aliphatic heterocycles. The minimum Gasteiger partial charge on any atom is -0.319 e. The standard InChI is InChI=1S/C19H25N/c1-16-11-13-18(14-12-16)19(15-20-2)10-6-9-17-7-4-3-5-8-17/h3-5,7-8,11-14,19-20H,6,9-10,15H2,1-2H3. The van der Waals surface area contributed by atoms with Gasteiger partial charge in [-0.15, -0.1) is 0 Å². The Morgan fingerprint density at radius 1 is 0.950 bits per heavy atom. The molecule has 1 N–H and O–H groups in total. The molecule has 1 nitrogen and oxygen atoms in total. The van der Waals surface area contributed by atoms with Crippen molar-refractivity contribution in [3.8, 4) is 0 Å². The highest BCUT2D eigenvalue weighted by atomic mass is 14.8. The first-order valence-electron chi connectivity index (χ1n) is 7.54. The van der Waals surface area contributed by atoms with Gasteiger partial charge in [-0.3, -0.25) is 0 Å². The first-order valence-corrected chi connectivity index (χ1v) is 7.54. The lowest BCUT2D eigenvalue weighted by Gasteiger charge is -2.17. The maximum atomic E-state index is 3.33. The normalized spacial score (nSPS) is 12.3. The number of aryl methyl sites for hydroxylation is 2. The van der Waals surface area contributed by atoms with Gasteiger partial charge in [0.1, 0.15) is 0 Å². The SMILES string of the molecule is CNCC(CCCc1ccccc1)c1ccc(C)cc1. The topological polar surface area (TPSA) is 12.0 Å². The summed E-state index contributed by atoms with van der Waals surface area (Å²) in [4.78, 5) is 0. The lowest BCUT2D eigenvalue weighted by Crippen LogP contribution is -2.17. The molecule has 0 saturated heterocycles. The molecule has 0 saturated carbocycles. The zero-order valence-corrected chi connectivity index (χ0v) is 12.6. The number of benzene rings is 2.